The largest absolute Gasteiger partial charge is 0.481 e. The number of ether oxygens (including phenoxy) is 1. The highest BCUT2D eigenvalue weighted by molar-refractivity contribution is 5.77. The molecule has 1 aliphatic heterocycles. The average Bonchev–Trinajstić information content (AvgIpc) is 3.12. The van der Waals surface area contributed by atoms with Crippen LogP contribution in [0.15, 0.2) is 0 Å². The maximum atomic E-state index is 11.9. The van der Waals surface area contributed by atoms with Crippen LogP contribution in [0.5, 0.6) is 0 Å². The molecule has 2 saturated carbocycles. The van der Waals surface area contributed by atoms with Gasteiger partial charge in [-0.15, -0.1) is 0 Å². The van der Waals surface area contributed by atoms with Crippen molar-refractivity contribution in [1.29, 1.82) is 0 Å². The molecule has 5 atom stereocenters. The zero-order valence-electron chi connectivity index (χ0n) is 11.5. The van der Waals surface area contributed by atoms with Crippen molar-refractivity contribution in [2.45, 2.75) is 44.2 Å². The van der Waals surface area contributed by atoms with E-state index in [0.717, 1.165) is 38.7 Å². The summed E-state index contributed by atoms with van der Waals surface area (Å²) in [6, 6.07) is -0.472. The molecular formula is C14H22N2O4. The molecule has 5 unspecified atom stereocenters. The molecule has 3 aliphatic rings. The number of aliphatic carboxylic acids is 1. The van der Waals surface area contributed by atoms with Crippen LogP contribution in [0, 0.1) is 17.8 Å². The van der Waals surface area contributed by atoms with E-state index in [9.17, 15) is 14.7 Å². The van der Waals surface area contributed by atoms with Crippen LogP contribution in [0.3, 0.4) is 0 Å². The normalized spacial score (nSPS) is 38.9. The average molecular weight is 282 g/mol. The van der Waals surface area contributed by atoms with Gasteiger partial charge in [0.05, 0.1) is 12.0 Å². The van der Waals surface area contributed by atoms with Crippen molar-refractivity contribution in [3.05, 3.63) is 0 Å². The molecule has 3 fully saturated rings. The maximum Gasteiger partial charge on any atom is 0.315 e. The molecule has 0 aromatic heterocycles. The number of fused-ring (bicyclic) bond motifs is 2. The third-order valence-electron chi connectivity index (χ3n) is 5.01. The first-order chi connectivity index (χ1) is 9.65. The summed E-state index contributed by atoms with van der Waals surface area (Å²) in [6.45, 7) is 1.27. The number of hydrogen-bond acceptors (Lipinski definition) is 3. The van der Waals surface area contributed by atoms with Gasteiger partial charge in [0, 0.05) is 19.2 Å². The lowest BCUT2D eigenvalue weighted by molar-refractivity contribution is -0.144. The standard InChI is InChI=1S/C14H22N2O4/c17-13(18)11-8-3-4-9(6-8)12(11)16-14(19)15-7-10-2-1-5-20-10/h8-12H,1-7H2,(H,17,18)(H2,15,16,19). The quantitative estimate of drug-likeness (QED) is 0.717. The Morgan fingerprint density at radius 2 is 2.00 bits per heavy atom. The predicted octanol–water partition coefficient (Wildman–Crippen LogP) is 0.964. The molecule has 0 radical (unpaired) electrons. The van der Waals surface area contributed by atoms with Crippen LogP contribution >= 0.6 is 0 Å². The Morgan fingerprint density at radius 3 is 2.70 bits per heavy atom. The smallest absolute Gasteiger partial charge is 0.315 e. The van der Waals surface area contributed by atoms with Crippen LogP contribution in [0.25, 0.3) is 0 Å². The molecule has 2 amide bonds. The molecule has 1 saturated heterocycles. The Balaban J connectivity index is 1.51. The lowest BCUT2D eigenvalue weighted by Crippen LogP contribution is -2.51. The van der Waals surface area contributed by atoms with Gasteiger partial charge in [-0.25, -0.2) is 4.79 Å². The van der Waals surface area contributed by atoms with Gasteiger partial charge in [0.2, 0.25) is 0 Å². The highest BCUT2D eigenvalue weighted by atomic mass is 16.5. The van der Waals surface area contributed by atoms with Gasteiger partial charge in [-0.05, 0) is 43.9 Å². The van der Waals surface area contributed by atoms with Gasteiger partial charge in [0.1, 0.15) is 0 Å². The number of carboxylic acid groups (broad SMARTS) is 1. The highest BCUT2D eigenvalue weighted by Gasteiger charge is 2.51. The molecule has 2 aliphatic carbocycles. The van der Waals surface area contributed by atoms with Gasteiger partial charge in [-0.2, -0.15) is 0 Å². The second-order valence-corrected chi connectivity index (χ2v) is 6.21. The Labute approximate surface area is 118 Å². The predicted molar refractivity (Wildman–Crippen MR) is 71.3 cm³/mol. The Kier molecular flexibility index (Phi) is 3.83. The van der Waals surface area contributed by atoms with Crippen LogP contribution in [0.2, 0.25) is 0 Å². The summed E-state index contributed by atoms with van der Waals surface area (Å²) in [5.41, 5.74) is 0. The van der Waals surface area contributed by atoms with Gasteiger partial charge < -0.3 is 20.5 Å². The second kappa shape index (κ2) is 5.60. The molecule has 1 heterocycles. The van der Waals surface area contributed by atoms with E-state index in [1.165, 1.54) is 0 Å². The Bertz CT molecular complexity index is 395. The summed E-state index contributed by atoms with van der Waals surface area (Å²) >= 11 is 0. The van der Waals surface area contributed by atoms with Crippen molar-refractivity contribution in [2.75, 3.05) is 13.2 Å². The molecule has 20 heavy (non-hydrogen) atoms. The molecule has 112 valence electrons. The van der Waals surface area contributed by atoms with Crippen molar-refractivity contribution < 1.29 is 19.4 Å². The van der Waals surface area contributed by atoms with Crippen LogP contribution < -0.4 is 10.6 Å². The topological polar surface area (TPSA) is 87.7 Å². The minimum absolute atomic E-state index is 0.107. The molecule has 0 spiro atoms. The Morgan fingerprint density at radius 1 is 1.20 bits per heavy atom. The van der Waals surface area contributed by atoms with E-state index >= 15 is 0 Å². The van der Waals surface area contributed by atoms with Gasteiger partial charge in [0.15, 0.2) is 0 Å². The van der Waals surface area contributed by atoms with E-state index in [-0.39, 0.29) is 24.1 Å². The third-order valence-corrected chi connectivity index (χ3v) is 5.01. The van der Waals surface area contributed by atoms with E-state index in [1.807, 2.05) is 0 Å². The van der Waals surface area contributed by atoms with E-state index in [2.05, 4.69) is 10.6 Å². The number of nitrogens with one attached hydrogen (secondary N) is 2. The first-order valence-corrected chi connectivity index (χ1v) is 7.54. The van der Waals surface area contributed by atoms with Crippen molar-refractivity contribution in [1.82, 2.24) is 10.6 Å². The molecule has 0 aromatic rings. The molecule has 2 bridgehead atoms. The summed E-state index contributed by atoms with van der Waals surface area (Å²) in [6.07, 6.45) is 5.08. The summed E-state index contributed by atoms with van der Waals surface area (Å²) in [4.78, 5) is 23.3. The number of amides is 2. The number of carboxylic acids is 1. The van der Waals surface area contributed by atoms with Crippen molar-refractivity contribution in [3.63, 3.8) is 0 Å². The minimum atomic E-state index is -0.776. The summed E-state index contributed by atoms with van der Waals surface area (Å²) in [5.74, 6) is -0.626. The fourth-order valence-electron chi connectivity index (χ4n) is 4.07. The first kappa shape index (κ1) is 13.7. The number of hydrogen-bond donors (Lipinski definition) is 3. The van der Waals surface area contributed by atoms with Crippen LogP contribution in [0.4, 0.5) is 4.79 Å². The van der Waals surface area contributed by atoms with Crippen LogP contribution in [-0.4, -0.2) is 42.4 Å². The van der Waals surface area contributed by atoms with E-state index in [1.54, 1.807) is 0 Å². The first-order valence-electron chi connectivity index (χ1n) is 7.54. The summed E-state index contributed by atoms with van der Waals surface area (Å²) in [5, 5.41) is 15.0. The zero-order valence-corrected chi connectivity index (χ0v) is 11.5. The fraction of sp³-hybridized carbons (Fsp3) is 0.857. The molecule has 3 rings (SSSR count). The molecule has 6 nitrogen and oxygen atoms in total. The fourth-order valence-corrected chi connectivity index (χ4v) is 4.07. The summed E-state index contributed by atoms with van der Waals surface area (Å²) < 4.78 is 5.45. The molecule has 3 N–H and O–H groups in total. The van der Waals surface area contributed by atoms with E-state index < -0.39 is 11.9 Å². The number of urea groups is 1. The van der Waals surface area contributed by atoms with Gasteiger partial charge in [-0.3, -0.25) is 4.79 Å². The minimum Gasteiger partial charge on any atom is -0.481 e. The van der Waals surface area contributed by atoms with Crippen molar-refractivity contribution in [2.24, 2.45) is 17.8 Å². The number of carbonyl (C=O) groups is 2. The SMILES string of the molecule is O=C(NCC1CCCO1)NC1C2CCC(C2)C1C(=O)O. The van der Waals surface area contributed by atoms with E-state index in [4.69, 9.17) is 4.74 Å². The van der Waals surface area contributed by atoms with Crippen LogP contribution in [-0.2, 0) is 9.53 Å². The van der Waals surface area contributed by atoms with Gasteiger partial charge >= 0.3 is 12.0 Å². The van der Waals surface area contributed by atoms with Gasteiger partial charge in [0.25, 0.3) is 0 Å². The monoisotopic (exact) mass is 282 g/mol. The molecule has 6 heteroatoms. The zero-order chi connectivity index (χ0) is 14.1. The second-order valence-electron chi connectivity index (χ2n) is 6.21. The van der Waals surface area contributed by atoms with E-state index in [0.29, 0.717) is 12.5 Å². The lowest BCUT2D eigenvalue weighted by atomic mass is 9.84. The number of rotatable bonds is 4. The molecule has 0 aromatic carbocycles. The maximum absolute atomic E-state index is 11.9. The third kappa shape index (κ3) is 2.61. The van der Waals surface area contributed by atoms with Crippen LogP contribution in [0.1, 0.15) is 32.1 Å². The summed E-state index contributed by atoms with van der Waals surface area (Å²) in [7, 11) is 0. The highest BCUT2D eigenvalue weighted by Crippen LogP contribution is 2.48. The van der Waals surface area contributed by atoms with Crippen molar-refractivity contribution in [3.8, 4) is 0 Å². The molecular weight excluding hydrogens is 260 g/mol. The van der Waals surface area contributed by atoms with Crippen molar-refractivity contribution >= 4 is 12.0 Å². The Hall–Kier alpha value is -1.30. The number of carbonyl (C=O) groups excluding carboxylic acids is 1. The van der Waals surface area contributed by atoms with Gasteiger partial charge in [-0.1, -0.05) is 0 Å². The lowest BCUT2D eigenvalue weighted by Gasteiger charge is -2.29.